The van der Waals surface area contributed by atoms with Gasteiger partial charge in [-0.25, -0.2) is 0 Å². The summed E-state index contributed by atoms with van der Waals surface area (Å²) in [5.74, 6) is 1.48. The third-order valence-corrected chi connectivity index (χ3v) is 6.17. The Morgan fingerprint density at radius 1 is 1.13 bits per heavy atom. The second kappa shape index (κ2) is 10.5. The van der Waals surface area contributed by atoms with Gasteiger partial charge in [0, 0.05) is 19.7 Å². The van der Waals surface area contributed by atoms with Crippen LogP contribution in [0, 0.1) is 0 Å². The van der Waals surface area contributed by atoms with E-state index in [4.69, 9.17) is 18.9 Å². The van der Waals surface area contributed by atoms with Crippen molar-refractivity contribution in [1.82, 2.24) is 4.90 Å². The summed E-state index contributed by atoms with van der Waals surface area (Å²) >= 11 is 0. The Hall–Kier alpha value is -2.12. The van der Waals surface area contributed by atoms with Crippen molar-refractivity contribution in [3.63, 3.8) is 0 Å². The first kappa shape index (κ1) is 22.1. The number of rotatable bonds is 9. The number of hydrogen-bond acceptors (Lipinski definition) is 6. The van der Waals surface area contributed by atoms with Crippen LogP contribution < -0.4 is 9.47 Å². The maximum absolute atomic E-state index is 10.7. The summed E-state index contributed by atoms with van der Waals surface area (Å²) in [5, 5.41) is 10.7. The van der Waals surface area contributed by atoms with Crippen LogP contribution in [0.25, 0.3) is 0 Å². The highest BCUT2D eigenvalue weighted by Crippen LogP contribution is 2.41. The van der Waals surface area contributed by atoms with Crippen molar-refractivity contribution in [2.75, 3.05) is 47.1 Å². The molecule has 0 radical (unpaired) electrons. The molecule has 0 aliphatic carbocycles. The minimum atomic E-state index is -0.561. The van der Waals surface area contributed by atoms with Gasteiger partial charge in [-0.2, -0.15) is 0 Å². The van der Waals surface area contributed by atoms with Crippen LogP contribution in [-0.2, 0) is 15.9 Å². The normalized spacial score (nSPS) is 22.2. The van der Waals surface area contributed by atoms with Gasteiger partial charge in [0.15, 0.2) is 11.5 Å². The Kier molecular flexibility index (Phi) is 7.45. The molecule has 0 unspecified atom stereocenters. The molecule has 0 amide bonds. The van der Waals surface area contributed by atoms with Crippen molar-refractivity contribution < 1.29 is 24.1 Å². The molecule has 2 heterocycles. The molecule has 1 N–H and O–H groups in total. The highest BCUT2D eigenvalue weighted by atomic mass is 16.5. The van der Waals surface area contributed by atoms with Crippen molar-refractivity contribution in [2.24, 2.45) is 0 Å². The predicted molar refractivity (Wildman–Crippen MR) is 119 cm³/mol. The quantitative estimate of drug-likeness (QED) is 0.663. The molecule has 2 aromatic carbocycles. The van der Waals surface area contributed by atoms with E-state index in [0.717, 1.165) is 43.9 Å². The minimum Gasteiger partial charge on any atom is -0.493 e. The molecule has 2 aromatic rings. The molecule has 4 rings (SSSR count). The van der Waals surface area contributed by atoms with Crippen molar-refractivity contribution in [1.29, 1.82) is 0 Å². The average Bonchev–Trinajstić information content (AvgIpc) is 3.32. The number of hydrogen-bond donors (Lipinski definition) is 1. The molecule has 1 saturated heterocycles. The van der Waals surface area contributed by atoms with Crippen LogP contribution in [0.2, 0.25) is 0 Å². The lowest BCUT2D eigenvalue weighted by atomic mass is 9.87. The lowest BCUT2D eigenvalue weighted by Gasteiger charge is -2.39. The number of nitrogens with zero attached hydrogens (tertiary/aromatic N) is 1. The number of ether oxygens (including phenoxy) is 4. The first-order valence-corrected chi connectivity index (χ1v) is 11.1. The summed E-state index contributed by atoms with van der Waals surface area (Å²) < 4.78 is 22.5. The molecule has 6 heteroatoms. The van der Waals surface area contributed by atoms with Crippen LogP contribution in [0.15, 0.2) is 42.5 Å². The summed E-state index contributed by atoms with van der Waals surface area (Å²) in [4.78, 5) is 2.34. The van der Waals surface area contributed by atoms with Gasteiger partial charge in [-0.15, -0.1) is 0 Å². The van der Waals surface area contributed by atoms with Gasteiger partial charge in [-0.3, -0.25) is 4.90 Å². The number of benzene rings is 2. The molecular weight excluding hydrogens is 394 g/mol. The van der Waals surface area contributed by atoms with Gasteiger partial charge < -0.3 is 24.1 Å². The summed E-state index contributed by atoms with van der Waals surface area (Å²) in [6.07, 6.45) is 2.64. The SMILES string of the molecule is COc1cc2c(cc1OC)[C@H](c1ccccc1)N(C[C@H](O)COC[C@H]1CCCO1)CC2. The van der Waals surface area contributed by atoms with E-state index in [1.165, 1.54) is 16.7 Å². The molecule has 3 atom stereocenters. The zero-order valence-electron chi connectivity index (χ0n) is 18.5. The molecule has 0 bridgehead atoms. The molecule has 31 heavy (non-hydrogen) atoms. The van der Waals surface area contributed by atoms with Crippen molar-refractivity contribution in [2.45, 2.75) is 37.5 Å². The van der Waals surface area contributed by atoms with Gasteiger partial charge in [-0.05, 0) is 48.1 Å². The van der Waals surface area contributed by atoms with E-state index >= 15 is 0 Å². The second-order valence-corrected chi connectivity index (χ2v) is 8.29. The Bertz CT molecular complexity index is 837. The molecule has 0 saturated carbocycles. The van der Waals surface area contributed by atoms with Gasteiger partial charge in [0.1, 0.15) is 0 Å². The molecule has 168 valence electrons. The summed E-state index contributed by atoms with van der Waals surface area (Å²) in [6, 6.07) is 14.6. The number of methoxy groups -OCH3 is 2. The van der Waals surface area contributed by atoms with E-state index in [2.05, 4.69) is 41.3 Å². The van der Waals surface area contributed by atoms with Crippen LogP contribution in [0.5, 0.6) is 11.5 Å². The minimum absolute atomic E-state index is 0.0394. The first-order chi connectivity index (χ1) is 15.2. The molecule has 0 aromatic heterocycles. The predicted octanol–water partition coefficient (Wildman–Crippen LogP) is 3.21. The maximum Gasteiger partial charge on any atom is 0.161 e. The van der Waals surface area contributed by atoms with Crippen LogP contribution in [0.4, 0.5) is 0 Å². The molecule has 2 aliphatic rings. The Labute approximate surface area is 184 Å². The standard InChI is InChI=1S/C25H33NO5/c1-28-23-13-19-10-11-26(15-20(27)16-30-17-21-9-6-12-31-21)25(18-7-4-3-5-8-18)22(19)14-24(23)29-2/h3-5,7-8,13-14,20-21,25,27H,6,9-12,15-17H2,1-2H3/t20-,21+,25-/m0/s1. The number of aliphatic hydroxyl groups excluding tert-OH is 1. The van der Waals surface area contributed by atoms with Crippen molar-refractivity contribution in [3.05, 3.63) is 59.2 Å². The van der Waals surface area contributed by atoms with E-state index in [-0.39, 0.29) is 12.1 Å². The fourth-order valence-corrected chi connectivity index (χ4v) is 4.65. The van der Waals surface area contributed by atoms with Crippen molar-refractivity contribution >= 4 is 0 Å². The largest absolute Gasteiger partial charge is 0.493 e. The Morgan fingerprint density at radius 2 is 1.90 bits per heavy atom. The second-order valence-electron chi connectivity index (χ2n) is 8.29. The molecular formula is C25H33NO5. The molecule has 1 fully saturated rings. The Balaban J connectivity index is 1.52. The first-order valence-electron chi connectivity index (χ1n) is 11.1. The lowest BCUT2D eigenvalue weighted by Crippen LogP contribution is -2.42. The fraction of sp³-hybridized carbons (Fsp3) is 0.520. The van der Waals surface area contributed by atoms with E-state index in [9.17, 15) is 5.11 Å². The van der Waals surface area contributed by atoms with Crippen LogP contribution >= 0.6 is 0 Å². The third kappa shape index (κ3) is 5.21. The molecule has 0 spiro atoms. The van der Waals surface area contributed by atoms with Gasteiger partial charge in [0.2, 0.25) is 0 Å². The van der Waals surface area contributed by atoms with Gasteiger partial charge in [0.25, 0.3) is 0 Å². The smallest absolute Gasteiger partial charge is 0.161 e. The van der Waals surface area contributed by atoms with Gasteiger partial charge in [-0.1, -0.05) is 30.3 Å². The highest BCUT2D eigenvalue weighted by Gasteiger charge is 2.31. The van der Waals surface area contributed by atoms with E-state index in [1.807, 2.05) is 6.07 Å². The van der Waals surface area contributed by atoms with Gasteiger partial charge >= 0.3 is 0 Å². The third-order valence-electron chi connectivity index (χ3n) is 6.17. The summed E-state index contributed by atoms with van der Waals surface area (Å²) in [5.41, 5.74) is 3.65. The van der Waals surface area contributed by atoms with E-state index < -0.39 is 6.10 Å². The van der Waals surface area contributed by atoms with Crippen LogP contribution in [0.1, 0.15) is 35.6 Å². The molecule has 6 nitrogen and oxygen atoms in total. The number of aliphatic hydroxyl groups is 1. The van der Waals surface area contributed by atoms with E-state index in [0.29, 0.717) is 19.8 Å². The lowest BCUT2D eigenvalue weighted by molar-refractivity contribution is -0.0279. The zero-order chi connectivity index (χ0) is 21.6. The van der Waals surface area contributed by atoms with Gasteiger partial charge in [0.05, 0.1) is 45.7 Å². The topological polar surface area (TPSA) is 60.4 Å². The van der Waals surface area contributed by atoms with Crippen LogP contribution in [-0.4, -0.2) is 69.3 Å². The maximum atomic E-state index is 10.7. The summed E-state index contributed by atoms with van der Waals surface area (Å²) in [7, 11) is 3.33. The molecule has 2 aliphatic heterocycles. The highest BCUT2D eigenvalue weighted by molar-refractivity contribution is 5.51. The number of fused-ring (bicyclic) bond motifs is 1. The van der Waals surface area contributed by atoms with Crippen molar-refractivity contribution in [3.8, 4) is 11.5 Å². The average molecular weight is 428 g/mol. The zero-order valence-corrected chi connectivity index (χ0v) is 18.5. The summed E-state index contributed by atoms with van der Waals surface area (Å²) in [6.45, 7) is 3.08. The Morgan fingerprint density at radius 3 is 2.61 bits per heavy atom. The van der Waals surface area contributed by atoms with E-state index in [1.54, 1.807) is 14.2 Å². The number of β-amino-alcohol motifs (C(OH)–C–C–N with tert-alkyl or cyclic N) is 1. The fourth-order valence-electron chi connectivity index (χ4n) is 4.65. The van der Waals surface area contributed by atoms with Crippen LogP contribution in [0.3, 0.4) is 0 Å². The monoisotopic (exact) mass is 427 g/mol.